The minimum Gasteiger partial charge on any atom is -0.393 e. The van der Waals surface area contributed by atoms with Gasteiger partial charge in [0.1, 0.15) is 11.4 Å². The van der Waals surface area contributed by atoms with Crippen LogP contribution in [-0.4, -0.2) is 86.6 Å². The lowest BCUT2D eigenvalue weighted by molar-refractivity contribution is -0.215. The number of aliphatic hydroxyl groups is 4. The Kier molecular flexibility index (Phi) is 14.7. The summed E-state index contributed by atoms with van der Waals surface area (Å²) in [4.78, 5) is 30.0. The van der Waals surface area contributed by atoms with Gasteiger partial charge >= 0.3 is 0 Å². The van der Waals surface area contributed by atoms with Crippen molar-refractivity contribution in [3.05, 3.63) is 82.5 Å². The van der Waals surface area contributed by atoms with Gasteiger partial charge in [0, 0.05) is 0 Å². The first-order chi connectivity index (χ1) is 41.1. The van der Waals surface area contributed by atoms with Gasteiger partial charge in [0.25, 0.3) is 0 Å². The zero-order chi connectivity index (χ0) is 63.0. The maximum Gasteiger partial charge on any atom is 0.229 e. The molecule has 482 valence electrons. The number of carbonyl (C=O) groups is 2. The fourth-order valence-electron chi connectivity index (χ4n) is 24.3. The summed E-state index contributed by atoms with van der Waals surface area (Å²) in [6.45, 7) is 34.9. The molecule has 2 heterocycles. The van der Waals surface area contributed by atoms with Gasteiger partial charge in [-0.3, -0.25) is 9.59 Å². The van der Waals surface area contributed by atoms with E-state index in [1.54, 1.807) is 0 Å². The van der Waals surface area contributed by atoms with Crippen LogP contribution in [0.15, 0.2) is 60.0 Å². The van der Waals surface area contributed by atoms with E-state index >= 15 is 9.59 Å². The quantitative estimate of drug-likeness (QED) is 0.106. The van der Waals surface area contributed by atoms with Crippen molar-refractivity contribution in [2.75, 3.05) is 0 Å². The van der Waals surface area contributed by atoms with Crippen LogP contribution in [-0.2, 0) is 35.8 Å². The number of benzene rings is 1. The summed E-state index contributed by atoms with van der Waals surface area (Å²) in [5.74, 6) is 1.52. The Hall–Kier alpha value is -4.24. The average Bonchev–Trinajstić information content (AvgIpc) is 0.694. The molecular weight excluding hydrogens is 1100 g/mol. The van der Waals surface area contributed by atoms with Gasteiger partial charge in [0.2, 0.25) is 11.8 Å². The van der Waals surface area contributed by atoms with Crippen molar-refractivity contribution in [2.45, 2.75) is 263 Å². The highest BCUT2D eigenvalue weighted by molar-refractivity contribution is 5.85. The molecule has 6 N–H and O–H groups in total. The predicted octanol–water partition coefficient (Wildman–Crippen LogP) is 12.5. The van der Waals surface area contributed by atoms with Crippen LogP contribution >= 0.6 is 0 Å². The van der Waals surface area contributed by atoms with Crippen molar-refractivity contribution in [3.8, 4) is 0 Å². The lowest BCUT2D eigenvalue weighted by atomic mass is 9.33. The second kappa shape index (κ2) is 20.6. The Bertz CT molecular complexity index is 3070. The van der Waals surface area contributed by atoms with Gasteiger partial charge in [-0.1, -0.05) is 155 Å². The second-order valence-electron chi connectivity index (χ2n) is 35.7. The fourth-order valence-corrected chi connectivity index (χ4v) is 24.3. The maximum absolute atomic E-state index is 15.0. The molecule has 14 nitrogen and oxygen atoms in total. The van der Waals surface area contributed by atoms with Crippen LogP contribution in [0.4, 0.5) is 0 Å². The molecule has 8 saturated carbocycles. The second-order valence-corrected chi connectivity index (χ2v) is 35.7. The van der Waals surface area contributed by atoms with Crippen molar-refractivity contribution in [1.29, 1.82) is 0 Å². The van der Waals surface area contributed by atoms with Crippen LogP contribution in [0.25, 0.3) is 0 Å². The number of amides is 2. The van der Waals surface area contributed by atoms with Gasteiger partial charge < -0.3 is 31.1 Å². The summed E-state index contributed by atoms with van der Waals surface area (Å²) in [5.41, 5.74) is 3.89. The molecule has 8 fully saturated rings. The molecule has 1 aromatic carbocycles. The van der Waals surface area contributed by atoms with Crippen LogP contribution in [0.2, 0.25) is 0 Å². The first kappa shape index (κ1) is 62.6. The molecule has 13 rings (SSSR count). The molecule has 0 spiro atoms. The van der Waals surface area contributed by atoms with Crippen LogP contribution in [0.1, 0.15) is 235 Å². The number of carbonyl (C=O) groups excluding carboxylic acids is 2. The highest BCUT2D eigenvalue weighted by Crippen LogP contribution is 2.78. The van der Waals surface area contributed by atoms with Crippen LogP contribution < -0.4 is 10.6 Å². The number of rotatable bonds is 10. The van der Waals surface area contributed by atoms with Crippen LogP contribution in [0.3, 0.4) is 0 Å². The van der Waals surface area contributed by atoms with Crippen molar-refractivity contribution >= 4 is 11.8 Å². The summed E-state index contributed by atoms with van der Waals surface area (Å²) in [6, 6.07) is 8.35. The predicted molar refractivity (Wildman–Crippen MR) is 341 cm³/mol. The van der Waals surface area contributed by atoms with Gasteiger partial charge in [-0.2, -0.15) is 0 Å². The molecule has 2 aromatic heterocycles. The molecule has 18 atom stereocenters. The highest BCUT2D eigenvalue weighted by Gasteiger charge is 2.73. The minimum atomic E-state index is -0.918. The van der Waals surface area contributed by atoms with E-state index in [0.717, 1.165) is 101 Å². The van der Waals surface area contributed by atoms with Gasteiger partial charge in [-0.25, -0.2) is 9.36 Å². The Morgan fingerprint density at radius 1 is 0.477 bits per heavy atom. The Morgan fingerprint density at radius 3 is 1.23 bits per heavy atom. The van der Waals surface area contributed by atoms with Gasteiger partial charge in [-0.15, -0.1) is 10.2 Å². The summed E-state index contributed by atoms with van der Waals surface area (Å²) in [5, 5.41) is 72.5. The molecule has 2 amide bonds. The van der Waals surface area contributed by atoms with Crippen molar-refractivity contribution in [2.24, 2.45) is 100 Å². The monoisotopic (exact) mass is 1210 g/mol. The summed E-state index contributed by atoms with van der Waals surface area (Å²) < 4.78 is 3.62. The highest BCUT2D eigenvalue weighted by atomic mass is 16.3. The van der Waals surface area contributed by atoms with Crippen molar-refractivity contribution in [3.63, 3.8) is 0 Å². The van der Waals surface area contributed by atoms with E-state index in [1.807, 2.05) is 21.8 Å². The molecule has 0 unspecified atom stereocenters. The van der Waals surface area contributed by atoms with Crippen molar-refractivity contribution < 1.29 is 30.0 Å². The third-order valence-electron chi connectivity index (χ3n) is 29.9. The molecule has 88 heavy (non-hydrogen) atoms. The van der Waals surface area contributed by atoms with E-state index in [1.165, 1.54) is 11.1 Å². The van der Waals surface area contributed by atoms with Crippen molar-refractivity contribution in [1.82, 2.24) is 40.6 Å². The molecule has 10 aliphatic carbocycles. The van der Waals surface area contributed by atoms with Crippen LogP contribution in [0.5, 0.6) is 0 Å². The molecule has 0 aliphatic heterocycles. The minimum absolute atomic E-state index is 0.0332. The molecule has 3 aromatic rings. The Labute approximate surface area is 526 Å². The maximum atomic E-state index is 15.0. The molecule has 0 bridgehead atoms. The van der Waals surface area contributed by atoms with E-state index in [0.29, 0.717) is 73.8 Å². The largest absolute Gasteiger partial charge is 0.393 e. The number of fused-ring (bicyclic) bond motifs is 14. The molecule has 10 aliphatic rings. The Balaban J connectivity index is 0.639. The first-order valence-electron chi connectivity index (χ1n) is 34.7. The SMILES string of the molecule is CC1(C)CC[C@]2(C(=O)NCc3cn(Cc4ccc(Cn5cc(CNC(=O)[C@]67CCC(C)(C)C[C@H]6C6=CC[C@@H]8[C@@]9(C)CC[C@H](O)C(C)(C)[C@@H]9CC[C@@]8(C)[C@]6(C)C[C@H]7O)nn5)cc4)nn3)[C@H](O)C[C@]3(C)C(=CC[C@@H]4[C@@]5(C)CC[C@H](O)C(C)(C)[C@@H]5CC[C@]43C)[C@@H]2C1. The van der Waals surface area contributed by atoms with Gasteiger partial charge in [0.05, 0.1) is 73.8 Å². The molecule has 14 heteroatoms. The third-order valence-corrected chi connectivity index (χ3v) is 29.9. The van der Waals surface area contributed by atoms with E-state index in [4.69, 9.17) is 0 Å². The lowest BCUT2D eigenvalue weighted by Crippen LogP contribution is -2.68. The number of allylic oxidation sites excluding steroid dienone is 4. The van der Waals surface area contributed by atoms with Crippen LogP contribution in [0, 0.1) is 100 Å². The number of aromatic nitrogens is 6. The van der Waals surface area contributed by atoms with Gasteiger partial charge in [-0.05, 0) is 216 Å². The molecule has 0 saturated heterocycles. The van der Waals surface area contributed by atoms with E-state index < -0.39 is 23.0 Å². The number of nitrogens with one attached hydrogen (secondary N) is 2. The third kappa shape index (κ3) is 8.97. The summed E-state index contributed by atoms with van der Waals surface area (Å²) in [6.07, 6.45) is 22.8. The smallest absolute Gasteiger partial charge is 0.229 e. The average molecular weight is 1210 g/mol. The standard InChI is InChI=1S/C74H110N8O6/c1-63(2)31-33-73(51(35-63)49-19-21-55-67(9)27-25-57(83)65(5,6)53(67)23-29-69(55,11)71(49,13)37-59(73)85)61(87)75-39-47-43-81(79-77-47)41-45-15-17-46(18-16-45)42-82-44-48(78-80-82)40-76-62(88)74-34-32-64(3,4)36-52(74)50-20-22-56-68(10)28-26-58(84)66(7,8)54(68)24-30-70(56,12)72(50,14)38-60(74)86/h15-20,43-44,51-60,83-86H,21-42H2,1-14H3,(H,75,87)(H,76,88)/t51-,52-,53-,54-,55+,56+,57-,58-,59+,60+,67-,68-,69+,70+,71+,72+,73+,74+/m0/s1. The first-order valence-corrected chi connectivity index (χ1v) is 34.7. The molecule has 0 radical (unpaired) electrons. The zero-order valence-corrected chi connectivity index (χ0v) is 56.2. The van der Waals surface area contributed by atoms with Gasteiger partial charge in [0.15, 0.2) is 0 Å². The van der Waals surface area contributed by atoms with E-state index in [2.05, 4.69) is 165 Å². The topological polar surface area (TPSA) is 201 Å². The lowest BCUT2D eigenvalue weighted by Gasteiger charge is -2.71. The number of hydrogen-bond donors (Lipinski definition) is 6. The normalized spacial score (nSPS) is 44.1. The zero-order valence-electron chi connectivity index (χ0n) is 56.2. The summed E-state index contributed by atoms with van der Waals surface area (Å²) in [7, 11) is 0. The number of hydrogen-bond acceptors (Lipinski definition) is 10. The molecular formula is C74H110N8O6. The number of aliphatic hydroxyl groups excluding tert-OH is 4. The fraction of sp³-hybridized carbons (Fsp3) is 0.784. The number of nitrogens with zero attached hydrogens (tertiary/aromatic N) is 6. The summed E-state index contributed by atoms with van der Waals surface area (Å²) >= 11 is 0. The van der Waals surface area contributed by atoms with E-state index in [9.17, 15) is 20.4 Å². The Morgan fingerprint density at radius 2 is 0.852 bits per heavy atom. The van der Waals surface area contributed by atoms with E-state index in [-0.39, 0.29) is 103 Å².